The van der Waals surface area contributed by atoms with Gasteiger partial charge in [-0.1, -0.05) is 13.3 Å². The minimum Gasteiger partial charge on any atom is -0.382 e. The van der Waals surface area contributed by atoms with E-state index in [1.807, 2.05) is 17.0 Å². The zero-order valence-electron chi connectivity index (χ0n) is 17.8. The average Bonchev–Trinajstić information content (AvgIpc) is 2.79. The normalized spacial score (nSPS) is 18.2. The summed E-state index contributed by atoms with van der Waals surface area (Å²) in [4.78, 5) is 17.8. The van der Waals surface area contributed by atoms with Crippen LogP contribution in [0.3, 0.4) is 0 Å². The Morgan fingerprint density at radius 1 is 1.23 bits per heavy atom. The third-order valence-corrected chi connectivity index (χ3v) is 6.59. The van der Waals surface area contributed by atoms with Crippen LogP contribution in [0, 0.1) is 10.8 Å². The minimum atomic E-state index is 0.252. The van der Waals surface area contributed by atoms with E-state index < -0.39 is 0 Å². The first-order valence-electron chi connectivity index (χ1n) is 10.9. The molecule has 2 aromatic rings. The standard InChI is InChI=1S/C22H32N8/c1-2-7-22(15-23)8-12-29(13-9-22)18-14-27-19(20(24)28-18)21(25)30-11-4-5-16-17(30)6-3-10-26-16/h3,6,10,14,25H,2,4-5,7-9,11-13,15,23H2,1H3,(H2,24,28). The molecular formula is C22H32N8. The molecule has 1 fully saturated rings. The maximum atomic E-state index is 8.72. The van der Waals surface area contributed by atoms with E-state index >= 15 is 0 Å². The number of aryl methyl sites for hydroxylation is 1. The maximum Gasteiger partial charge on any atom is 0.155 e. The Kier molecular flexibility index (Phi) is 5.85. The summed E-state index contributed by atoms with van der Waals surface area (Å²) in [6, 6.07) is 3.90. The summed E-state index contributed by atoms with van der Waals surface area (Å²) in [7, 11) is 0. The van der Waals surface area contributed by atoms with Gasteiger partial charge >= 0.3 is 0 Å². The summed E-state index contributed by atoms with van der Waals surface area (Å²) in [6.45, 7) is 5.54. The lowest BCUT2D eigenvalue weighted by Crippen LogP contribution is -2.44. The highest BCUT2D eigenvalue weighted by Crippen LogP contribution is 2.36. The molecule has 0 atom stereocenters. The summed E-state index contributed by atoms with van der Waals surface area (Å²) >= 11 is 0. The quantitative estimate of drug-likeness (QED) is 0.513. The van der Waals surface area contributed by atoms with E-state index in [0.29, 0.717) is 11.5 Å². The molecule has 0 radical (unpaired) electrons. The van der Waals surface area contributed by atoms with Gasteiger partial charge in [0.05, 0.1) is 17.6 Å². The number of hydrogen-bond donors (Lipinski definition) is 3. The molecule has 160 valence electrons. The van der Waals surface area contributed by atoms with E-state index in [0.717, 1.165) is 75.5 Å². The number of pyridine rings is 1. The van der Waals surface area contributed by atoms with Crippen molar-refractivity contribution >= 4 is 23.2 Å². The van der Waals surface area contributed by atoms with Gasteiger partial charge in [-0.2, -0.15) is 0 Å². The number of rotatable bonds is 5. The predicted molar refractivity (Wildman–Crippen MR) is 121 cm³/mol. The van der Waals surface area contributed by atoms with Gasteiger partial charge < -0.3 is 21.3 Å². The zero-order chi connectivity index (χ0) is 21.1. The number of amidine groups is 1. The van der Waals surface area contributed by atoms with Crippen molar-refractivity contribution in [1.82, 2.24) is 15.0 Å². The first kappa shape index (κ1) is 20.5. The fourth-order valence-electron chi connectivity index (χ4n) is 4.78. The van der Waals surface area contributed by atoms with Gasteiger partial charge in [0.15, 0.2) is 11.7 Å². The van der Waals surface area contributed by atoms with Gasteiger partial charge in [-0.25, -0.2) is 9.97 Å². The number of nitrogens with two attached hydrogens (primary N) is 2. The zero-order valence-corrected chi connectivity index (χ0v) is 17.8. The SMILES string of the molecule is CCCC1(CN)CCN(c2cnc(C(=N)N3CCCc4ncccc43)c(N)n2)CC1. The molecule has 2 aliphatic rings. The van der Waals surface area contributed by atoms with Crippen molar-refractivity contribution in [2.45, 2.75) is 45.4 Å². The van der Waals surface area contributed by atoms with Crippen molar-refractivity contribution < 1.29 is 0 Å². The van der Waals surface area contributed by atoms with Crippen LogP contribution in [0.4, 0.5) is 17.3 Å². The molecule has 0 aliphatic carbocycles. The molecule has 8 heteroatoms. The van der Waals surface area contributed by atoms with Gasteiger partial charge in [0.25, 0.3) is 0 Å². The molecule has 0 bridgehead atoms. The topological polar surface area (TPSA) is 121 Å². The van der Waals surface area contributed by atoms with Gasteiger partial charge in [0.2, 0.25) is 0 Å². The first-order valence-corrected chi connectivity index (χ1v) is 10.9. The van der Waals surface area contributed by atoms with Crippen molar-refractivity contribution in [3.8, 4) is 0 Å². The Labute approximate surface area is 178 Å². The molecule has 2 aliphatic heterocycles. The maximum absolute atomic E-state index is 8.72. The molecule has 4 heterocycles. The van der Waals surface area contributed by atoms with Gasteiger partial charge in [-0.3, -0.25) is 10.4 Å². The lowest BCUT2D eigenvalue weighted by Gasteiger charge is -2.41. The molecule has 1 saturated heterocycles. The number of piperidine rings is 1. The number of nitrogen functional groups attached to an aromatic ring is 1. The summed E-state index contributed by atoms with van der Waals surface area (Å²) < 4.78 is 0. The monoisotopic (exact) mass is 408 g/mol. The van der Waals surface area contributed by atoms with E-state index in [-0.39, 0.29) is 11.3 Å². The summed E-state index contributed by atoms with van der Waals surface area (Å²) in [5.74, 6) is 1.37. The van der Waals surface area contributed by atoms with Crippen LogP contribution in [0.1, 0.15) is 50.4 Å². The predicted octanol–water partition coefficient (Wildman–Crippen LogP) is 2.58. The highest BCUT2D eigenvalue weighted by Gasteiger charge is 2.33. The summed E-state index contributed by atoms with van der Waals surface area (Å²) in [6.07, 6.45) is 9.89. The van der Waals surface area contributed by atoms with E-state index in [1.54, 1.807) is 12.4 Å². The fraction of sp³-hybridized carbons (Fsp3) is 0.545. The van der Waals surface area contributed by atoms with Crippen molar-refractivity contribution in [1.29, 1.82) is 5.41 Å². The van der Waals surface area contributed by atoms with Gasteiger partial charge in [0.1, 0.15) is 11.5 Å². The van der Waals surface area contributed by atoms with Crippen molar-refractivity contribution in [3.63, 3.8) is 0 Å². The Hall–Kier alpha value is -2.74. The molecule has 5 N–H and O–H groups in total. The number of hydrogen-bond acceptors (Lipinski definition) is 7. The second kappa shape index (κ2) is 8.55. The molecule has 30 heavy (non-hydrogen) atoms. The molecule has 0 spiro atoms. The highest BCUT2D eigenvalue weighted by molar-refractivity contribution is 6.09. The van der Waals surface area contributed by atoms with Crippen LogP contribution in [0.15, 0.2) is 24.5 Å². The van der Waals surface area contributed by atoms with Crippen molar-refractivity contribution in [2.24, 2.45) is 11.1 Å². The van der Waals surface area contributed by atoms with Crippen molar-refractivity contribution in [2.75, 3.05) is 41.7 Å². The van der Waals surface area contributed by atoms with Crippen LogP contribution >= 0.6 is 0 Å². The highest BCUT2D eigenvalue weighted by atomic mass is 15.2. The second-order valence-electron chi connectivity index (χ2n) is 8.48. The van der Waals surface area contributed by atoms with E-state index in [4.69, 9.17) is 16.9 Å². The largest absolute Gasteiger partial charge is 0.382 e. The molecule has 4 rings (SSSR count). The van der Waals surface area contributed by atoms with Gasteiger partial charge in [-0.05, 0) is 56.2 Å². The molecule has 2 aromatic heterocycles. The van der Waals surface area contributed by atoms with E-state index in [9.17, 15) is 0 Å². The van der Waals surface area contributed by atoms with Gasteiger partial charge in [-0.15, -0.1) is 0 Å². The lowest BCUT2D eigenvalue weighted by atomic mass is 9.75. The van der Waals surface area contributed by atoms with Crippen LogP contribution in [0.5, 0.6) is 0 Å². The average molecular weight is 409 g/mol. The van der Waals surface area contributed by atoms with E-state index in [1.165, 1.54) is 6.42 Å². The van der Waals surface area contributed by atoms with Gasteiger partial charge in [0, 0.05) is 25.8 Å². The van der Waals surface area contributed by atoms with Crippen LogP contribution in [-0.2, 0) is 6.42 Å². The van der Waals surface area contributed by atoms with Crippen LogP contribution in [0.25, 0.3) is 0 Å². The molecule has 0 unspecified atom stereocenters. The lowest BCUT2D eigenvalue weighted by molar-refractivity contribution is 0.207. The number of fused-ring (bicyclic) bond motifs is 1. The Morgan fingerprint density at radius 3 is 2.73 bits per heavy atom. The Balaban J connectivity index is 1.50. The third kappa shape index (κ3) is 3.84. The number of nitrogens with zero attached hydrogens (tertiary/aromatic N) is 5. The van der Waals surface area contributed by atoms with E-state index in [2.05, 4.69) is 26.8 Å². The number of anilines is 3. The number of aromatic nitrogens is 3. The molecular weight excluding hydrogens is 376 g/mol. The summed E-state index contributed by atoms with van der Waals surface area (Å²) in [5, 5.41) is 8.72. The first-order chi connectivity index (χ1) is 14.6. The minimum absolute atomic E-state index is 0.252. The Bertz CT molecular complexity index is 904. The molecule has 0 aromatic carbocycles. The molecule has 8 nitrogen and oxygen atoms in total. The fourth-order valence-corrected chi connectivity index (χ4v) is 4.78. The van der Waals surface area contributed by atoms with Crippen LogP contribution < -0.4 is 21.3 Å². The summed E-state index contributed by atoms with van der Waals surface area (Å²) in [5.41, 5.74) is 15.0. The second-order valence-corrected chi connectivity index (χ2v) is 8.48. The van der Waals surface area contributed by atoms with Crippen molar-refractivity contribution in [3.05, 3.63) is 35.9 Å². The molecule has 0 amide bonds. The molecule has 0 saturated carbocycles. The Morgan fingerprint density at radius 2 is 2.03 bits per heavy atom. The number of nitrogens with one attached hydrogen (secondary N) is 1. The third-order valence-electron chi connectivity index (χ3n) is 6.59. The smallest absolute Gasteiger partial charge is 0.155 e. The van der Waals surface area contributed by atoms with Crippen LogP contribution in [-0.4, -0.2) is 47.0 Å². The van der Waals surface area contributed by atoms with Crippen LogP contribution in [0.2, 0.25) is 0 Å².